The Morgan fingerprint density at radius 3 is 2.44 bits per heavy atom. The third-order valence-electron chi connectivity index (χ3n) is 5.40. The van der Waals surface area contributed by atoms with E-state index in [0.717, 1.165) is 56.2 Å². The van der Waals surface area contributed by atoms with Gasteiger partial charge in [-0.25, -0.2) is 4.99 Å². The summed E-state index contributed by atoms with van der Waals surface area (Å²) in [6.07, 6.45) is 2.07. The molecule has 5 nitrogen and oxygen atoms in total. The third-order valence-corrected chi connectivity index (χ3v) is 5.40. The van der Waals surface area contributed by atoms with E-state index in [1.807, 2.05) is 6.07 Å². The zero-order valence-corrected chi connectivity index (χ0v) is 16.3. The van der Waals surface area contributed by atoms with Gasteiger partial charge in [-0.05, 0) is 63.3 Å². The predicted molar refractivity (Wildman–Crippen MR) is 113 cm³/mol. The van der Waals surface area contributed by atoms with Crippen LogP contribution in [-0.2, 0) is 13.1 Å². The minimum atomic E-state index is -0.0928. The van der Waals surface area contributed by atoms with Crippen molar-refractivity contribution in [3.8, 4) is 0 Å². The summed E-state index contributed by atoms with van der Waals surface area (Å²) in [5.74, 6) is 1.07. The van der Waals surface area contributed by atoms with Gasteiger partial charge in [0.25, 0.3) is 0 Å². The fourth-order valence-electron chi connectivity index (χ4n) is 3.96. The van der Waals surface area contributed by atoms with Gasteiger partial charge >= 0.3 is 0 Å². The van der Waals surface area contributed by atoms with Gasteiger partial charge in [0.15, 0.2) is 0 Å². The van der Waals surface area contributed by atoms with Crippen molar-refractivity contribution in [2.24, 2.45) is 4.99 Å². The molecule has 0 aliphatic carbocycles. The van der Waals surface area contributed by atoms with Crippen molar-refractivity contribution >= 4 is 17.2 Å². The second-order valence-corrected chi connectivity index (χ2v) is 7.84. The fourth-order valence-corrected chi connectivity index (χ4v) is 3.96. The van der Waals surface area contributed by atoms with E-state index in [-0.39, 0.29) is 5.54 Å². The van der Waals surface area contributed by atoms with Crippen LogP contribution in [0.15, 0.2) is 53.5 Å². The molecule has 2 aliphatic rings. The van der Waals surface area contributed by atoms with Crippen LogP contribution in [0.4, 0.5) is 11.4 Å². The smallest absolute Gasteiger partial charge is 0.128 e. The lowest BCUT2D eigenvalue weighted by molar-refractivity contribution is 0.402. The van der Waals surface area contributed by atoms with Crippen LogP contribution in [0.25, 0.3) is 0 Å². The first-order chi connectivity index (χ1) is 13.1. The molecule has 0 bridgehead atoms. The van der Waals surface area contributed by atoms with Crippen LogP contribution in [0.2, 0.25) is 0 Å². The van der Waals surface area contributed by atoms with E-state index in [0.29, 0.717) is 0 Å². The molecule has 2 heterocycles. The number of para-hydroxylation sites is 2. The number of nitrogens with one attached hydrogen (secondary N) is 3. The van der Waals surface area contributed by atoms with Crippen molar-refractivity contribution in [1.82, 2.24) is 15.5 Å². The summed E-state index contributed by atoms with van der Waals surface area (Å²) in [5, 5.41) is 10.9. The van der Waals surface area contributed by atoms with Gasteiger partial charge in [0.05, 0.1) is 16.9 Å². The maximum atomic E-state index is 5.00. The fraction of sp³-hybridized carbons (Fsp3) is 0.409. The monoisotopic (exact) mass is 363 g/mol. The SMILES string of the molecule is CN(C)Cc1ccc(CNC2=Nc3ccccc3NC23CCNCC3)cc1. The van der Waals surface area contributed by atoms with Crippen molar-refractivity contribution in [2.75, 3.05) is 32.5 Å². The highest BCUT2D eigenvalue weighted by Crippen LogP contribution is 2.36. The Labute approximate surface area is 161 Å². The first-order valence-electron chi connectivity index (χ1n) is 9.78. The number of nitrogens with zero attached hydrogens (tertiary/aromatic N) is 2. The molecule has 0 amide bonds. The van der Waals surface area contributed by atoms with Crippen LogP contribution in [0.5, 0.6) is 0 Å². The number of benzene rings is 2. The summed E-state index contributed by atoms with van der Waals surface area (Å²) in [4.78, 5) is 7.19. The maximum absolute atomic E-state index is 5.00. The summed E-state index contributed by atoms with van der Waals surface area (Å²) in [6, 6.07) is 17.2. The van der Waals surface area contributed by atoms with Gasteiger partial charge in [0.2, 0.25) is 0 Å². The molecule has 0 saturated carbocycles. The van der Waals surface area contributed by atoms with E-state index in [4.69, 9.17) is 4.99 Å². The summed E-state index contributed by atoms with van der Waals surface area (Å²) < 4.78 is 0. The van der Waals surface area contributed by atoms with Crippen LogP contribution in [0.3, 0.4) is 0 Å². The lowest BCUT2D eigenvalue weighted by Crippen LogP contribution is -2.58. The van der Waals surface area contributed by atoms with Crippen molar-refractivity contribution in [2.45, 2.75) is 31.5 Å². The van der Waals surface area contributed by atoms with Gasteiger partial charge in [0, 0.05) is 13.1 Å². The van der Waals surface area contributed by atoms with Gasteiger partial charge in [-0.1, -0.05) is 36.4 Å². The van der Waals surface area contributed by atoms with Crippen LogP contribution < -0.4 is 16.0 Å². The molecule has 2 aromatic carbocycles. The Bertz CT molecular complexity index is 804. The Hall–Kier alpha value is -2.37. The minimum absolute atomic E-state index is 0.0928. The van der Waals surface area contributed by atoms with E-state index in [9.17, 15) is 0 Å². The molecule has 1 fully saturated rings. The molecule has 2 aliphatic heterocycles. The van der Waals surface area contributed by atoms with Crippen molar-refractivity contribution in [3.05, 3.63) is 59.7 Å². The standard InChI is InChI=1S/C22H29N5/c1-27(2)16-18-9-7-17(8-10-18)15-24-21-22(11-13-23-14-12-22)26-20-6-4-3-5-19(20)25-21/h3-10,23,26H,11-16H2,1-2H3,(H,24,25). The van der Waals surface area contributed by atoms with E-state index in [1.54, 1.807) is 0 Å². The van der Waals surface area contributed by atoms with E-state index >= 15 is 0 Å². The third kappa shape index (κ3) is 3.99. The average molecular weight is 364 g/mol. The highest BCUT2D eigenvalue weighted by Gasteiger charge is 2.40. The number of rotatable bonds is 4. The first kappa shape index (κ1) is 18.0. The molecule has 3 N–H and O–H groups in total. The molecular weight excluding hydrogens is 334 g/mol. The van der Waals surface area contributed by atoms with E-state index in [1.165, 1.54) is 11.1 Å². The second kappa shape index (κ2) is 7.71. The van der Waals surface area contributed by atoms with Crippen molar-refractivity contribution in [1.29, 1.82) is 0 Å². The summed E-state index contributed by atoms with van der Waals surface area (Å²) >= 11 is 0. The maximum Gasteiger partial charge on any atom is 0.128 e. The van der Waals surface area contributed by atoms with Gasteiger partial charge in [-0.15, -0.1) is 0 Å². The number of amidine groups is 1. The molecular formula is C22H29N5. The van der Waals surface area contributed by atoms with Gasteiger partial charge < -0.3 is 20.9 Å². The second-order valence-electron chi connectivity index (χ2n) is 7.84. The molecule has 5 heteroatoms. The van der Waals surface area contributed by atoms with Crippen molar-refractivity contribution in [3.63, 3.8) is 0 Å². The molecule has 1 saturated heterocycles. The largest absolute Gasteiger partial charge is 0.371 e. The molecule has 0 unspecified atom stereocenters. The number of aliphatic imine (C=N–C) groups is 1. The quantitative estimate of drug-likeness (QED) is 0.781. The molecule has 27 heavy (non-hydrogen) atoms. The molecule has 4 rings (SSSR count). The number of hydrogen-bond donors (Lipinski definition) is 3. The minimum Gasteiger partial charge on any atom is -0.371 e. The number of anilines is 1. The van der Waals surface area contributed by atoms with Gasteiger partial charge in [-0.2, -0.15) is 0 Å². The molecule has 0 aromatic heterocycles. The lowest BCUT2D eigenvalue weighted by atomic mass is 9.85. The number of piperidine rings is 1. The highest BCUT2D eigenvalue weighted by atomic mass is 15.2. The van der Waals surface area contributed by atoms with Crippen LogP contribution in [0, 0.1) is 0 Å². The molecule has 0 atom stereocenters. The topological polar surface area (TPSA) is 51.7 Å². The highest BCUT2D eigenvalue weighted by molar-refractivity contribution is 6.00. The zero-order valence-electron chi connectivity index (χ0n) is 16.3. The lowest BCUT2D eigenvalue weighted by Gasteiger charge is -2.43. The number of hydrogen-bond acceptors (Lipinski definition) is 5. The van der Waals surface area contributed by atoms with Crippen LogP contribution >= 0.6 is 0 Å². The molecule has 2 aromatic rings. The Morgan fingerprint density at radius 2 is 1.70 bits per heavy atom. The number of fused-ring (bicyclic) bond motifs is 1. The van der Waals surface area contributed by atoms with E-state index in [2.05, 4.69) is 77.4 Å². The first-order valence-corrected chi connectivity index (χ1v) is 9.78. The van der Waals surface area contributed by atoms with Crippen LogP contribution in [0.1, 0.15) is 24.0 Å². The van der Waals surface area contributed by atoms with Crippen molar-refractivity contribution < 1.29 is 0 Å². The normalized spacial score (nSPS) is 18.0. The predicted octanol–water partition coefficient (Wildman–Crippen LogP) is 3.12. The van der Waals surface area contributed by atoms with Gasteiger partial charge in [-0.3, -0.25) is 0 Å². The van der Waals surface area contributed by atoms with Gasteiger partial charge in [0.1, 0.15) is 5.84 Å². The zero-order chi connectivity index (χ0) is 18.7. The molecule has 1 spiro atoms. The van der Waals surface area contributed by atoms with E-state index < -0.39 is 0 Å². The summed E-state index contributed by atoms with van der Waals surface area (Å²) in [6.45, 7) is 3.78. The summed E-state index contributed by atoms with van der Waals surface area (Å²) in [7, 11) is 4.19. The average Bonchev–Trinajstić information content (AvgIpc) is 2.68. The Morgan fingerprint density at radius 1 is 1.00 bits per heavy atom. The Kier molecular flexibility index (Phi) is 5.14. The Balaban J connectivity index is 1.52. The summed E-state index contributed by atoms with van der Waals surface area (Å²) in [5.41, 5.74) is 4.68. The van der Waals surface area contributed by atoms with Crippen LogP contribution in [-0.4, -0.2) is 43.5 Å². The molecule has 0 radical (unpaired) electrons. The molecule has 142 valence electrons.